The molecule has 0 spiro atoms. The lowest BCUT2D eigenvalue weighted by molar-refractivity contribution is -0.119. The van der Waals surface area contributed by atoms with Crippen LogP contribution in [0.1, 0.15) is 31.1 Å². The third-order valence-electron chi connectivity index (χ3n) is 4.24. The standard InChI is InChI=1S/C18H20BrN3O3S/c1-11-9-15(22-25-11)20-17(24)12(2)26-10-16(23)21-18(7-8-18)13-3-5-14(19)6-4-13/h3-6,9,12H,7-8,10H2,1-2H3,(H,21,23)(H,20,22,24). The van der Waals surface area contributed by atoms with Crippen molar-refractivity contribution in [3.63, 3.8) is 0 Å². The number of carbonyl (C=O) groups is 2. The van der Waals surface area contributed by atoms with Crippen LogP contribution >= 0.6 is 27.7 Å². The number of aryl methyl sites for hydroxylation is 1. The number of aromatic nitrogens is 1. The molecule has 0 bridgehead atoms. The molecule has 1 atom stereocenters. The van der Waals surface area contributed by atoms with E-state index >= 15 is 0 Å². The molecular formula is C18H20BrN3O3S. The van der Waals surface area contributed by atoms with Gasteiger partial charge in [-0.1, -0.05) is 33.2 Å². The van der Waals surface area contributed by atoms with Gasteiger partial charge in [-0.25, -0.2) is 0 Å². The van der Waals surface area contributed by atoms with E-state index < -0.39 is 0 Å². The number of hydrogen-bond acceptors (Lipinski definition) is 5. The van der Waals surface area contributed by atoms with Gasteiger partial charge in [-0.15, -0.1) is 11.8 Å². The Labute approximate surface area is 164 Å². The molecule has 1 aliphatic rings. The van der Waals surface area contributed by atoms with E-state index in [0.717, 1.165) is 22.9 Å². The van der Waals surface area contributed by atoms with Crippen LogP contribution in [0.2, 0.25) is 0 Å². The van der Waals surface area contributed by atoms with Gasteiger partial charge in [-0.05, 0) is 44.4 Å². The largest absolute Gasteiger partial charge is 0.360 e. The molecule has 6 nitrogen and oxygen atoms in total. The van der Waals surface area contributed by atoms with Crippen molar-refractivity contribution in [2.75, 3.05) is 11.1 Å². The molecule has 138 valence electrons. The molecule has 1 aromatic carbocycles. The quantitative estimate of drug-likeness (QED) is 0.690. The Bertz CT molecular complexity index is 802. The number of nitrogens with zero attached hydrogens (tertiary/aromatic N) is 1. The van der Waals surface area contributed by atoms with Crippen molar-refractivity contribution in [2.24, 2.45) is 0 Å². The van der Waals surface area contributed by atoms with Crippen LogP contribution in [0.5, 0.6) is 0 Å². The zero-order valence-electron chi connectivity index (χ0n) is 14.5. The Morgan fingerprint density at radius 3 is 2.62 bits per heavy atom. The number of thioether (sulfide) groups is 1. The lowest BCUT2D eigenvalue weighted by atomic mass is 10.1. The number of benzene rings is 1. The molecule has 0 aliphatic heterocycles. The van der Waals surface area contributed by atoms with E-state index in [9.17, 15) is 9.59 Å². The number of nitrogens with one attached hydrogen (secondary N) is 2. The topological polar surface area (TPSA) is 84.2 Å². The Morgan fingerprint density at radius 1 is 1.35 bits per heavy atom. The van der Waals surface area contributed by atoms with E-state index in [0.29, 0.717) is 11.6 Å². The summed E-state index contributed by atoms with van der Waals surface area (Å²) in [6, 6.07) is 9.67. The smallest absolute Gasteiger partial charge is 0.238 e. The Hall–Kier alpha value is -1.80. The molecule has 8 heteroatoms. The van der Waals surface area contributed by atoms with E-state index in [4.69, 9.17) is 4.52 Å². The van der Waals surface area contributed by atoms with Crippen molar-refractivity contribution in [2.45, 2.75) is 37.5 Å². The lowest BCUT2D eigenvalue weighted by Gasteiger charge is -2.18. The molecule has 1 heterocycles. The summed E-state index contributed by atoms with van der Waals surface area (Å²) >= 11 is 4.72. The van der Waals surface area contributed by atoms with Gasteiger partial charge in [0.25, 0.3) is 0 Å². The molecule has 0 saturated heterocycles. The summed E-state index contributed by atoms with van der Waals surface area (Å²) in [7, 11) is 0. The molecule has 0 radical (unpaired) electrons. The van der Waals surface area contributed by atoms with Gasteiger partial charge in [0.1, 0.15) is 5.76 Å². The van der Waals surface area contributed by atoms with Gasteiger partial charge in [0, 0.05) is 10.5 Å². The van der Waals surface area contributed by atoms with Crippen molar-refractivity contribution in [1.82, 2.24) is 10.5 Å². The highest BCUT2D eigenvalue weighted by Gasteiger charge is 2.45. The summed E-state index contributed by atoms with van der Waals surface area (Å²) in [5.41, 5.74) is 0.869. The van der Waals surface area contributed by atoms with Crippen molar-refractivity contribution in [1.29, 1.82) is 0 Å². The first kappa shape index (κ1) is 19.0. The normalized spacial score (nSPS) is 16.0. The summed E-state index contributed by atoms with van der Waals surface area (Å²) in [6.07, 6.45) is 1.87. The van der Waals surface area contributed by atoms with Crippen LogP contribution < -0.4 is 10.6 Å². The molecule has 1 saturated carbocycles. The molecule has 26 heavy (non-hydrogen) atoms. The van der Waals surface area contributed by atoms with E-state index in [1.54, 1.807) is 19.9 Å². The molecule has 2 aromatic rings. The third-order valence-corrected chi connectivity index (χ3v) is 5.91. The Kier molecular flexibility index (Phi) is 5.72. The minimum Gasteiger partial charge on any atom is -0.360 e. The van der Waals surface area contributed by atoms with Crippen LogP contribution in [0.15, 0.2) is 39.3 Å². The van der Waals surface area contributed by atoms with Gasteiger partial charge in [-0.2, -0.15) is 0 Å². The van der Waals surface area contributed by atoms with Crippen molar-refractivity contribution in [3.05, 3.63) is 46.1 Å². The monoisotopic (exact) mass is 437 g/mol. The maximum absolute atomic E-state index is 12.3. The Morgan fingerprint density at radius 2 is 2.04 bits per heavy atom. The van der Waals surface area contributed by atoms with E-state index in [1.807, 2.05) is 24.3 Å². The number of amides is 2. The summed E-state index contributed by atoms with van der Waals surface area (Å²) in [5, 5.41) is 9.15. The molecule has 2 N–H and O–H groups in total. The van der Waals surface area contributed by atoms with Crippen molar-refractivity contribution < 1.29 is 14.1 Å². The van der Waals surface area contributed by atoms with Crippen molar-refractivity contribution in [3.8, 4) is 0 Å². The van der Waals surface area contributed by atoms with Gasteiger partial charge in [0.2, 0.25) is 11.8 Å². The van der Waals surface area contributed by atoms with Crippen LogP contribution in [0.4, 0.5) is 5.82 Å². The lowest BCUT2D eigenvalue weighted by Crippen LogP contribution is -2.36. The van der Waals surface area contributed by atoms with Crippen LogP contribution in [0, 0.1) is 6.92 Å². The van der Waals surface area contributed by atoms with Crippen LogP contribution in [0.3, 0.4) is 0 Å². The van der Waals surface area contributed by atoms with E-state index in [1.165, 1.54) is 11.8 Å². The second-order valence-electron chi connectivity index (χ2n) is 6.40. The second-order valence-corrected chi connectivity index (χ2v) is 8.65. The van der Waals surface area contributed by atoms with Crippen LogP contribution in [0.25, 0.3) is 0 Å². The van der Waals surface area contributed by atoms with Gasteiger partial charge >= 0.3 is 0 Å². The number of carbonyl (C=O) groups excluding carboxylic acids is 2. The maximum atomic E-state index is 12.3. The van der Waals surface area contributed by atoms with Crippen molar-refractivity contribution >= 4 is 45.3 Å². The fourth-order valence-electron chi connectivity index (χ4n) is 2.61. The summed E-state index contributed by atoms with van der Waals surface area (Å²) in [4.78, 5) is 24.5. The average Bonchev–Trinajstić information content (AvgIpc) is 3.27. The number of rotatable bonds is 7. The molecule has 1 fully saturated rings. The highest BCUT2D eigenvalue weighted by atomic mass is 79.9. The molecule has 2 amide bonds. The summed E-state index contributed by atoms with van der Waals surface area (Å²) in [6.45, 7) is 3.52. The fraction of sp³-hybridized carbons (Fsp3) is 0.389. The summed E-state index contributed by atoms with van der Waals surface area (Å²) < 4.78 is 5.93. The zero-order valence-corrected chi connectivity index (χ0v) is 16.9. The molecule has 1 aliphatic carbocycles. The minimum absolute atomic E-state index is 0.0626. The number of hydrogen-bond donors (Lipinski definition) is 2. The average molecular weight is 438 g/mol. The second kappa shape index (κ2) is 7.84. The van der Waals surface area contributed by atoms with E-state index in [2.05, 4.69) is 31.7 Å². The van der Waals surface area contributed by atoms with Crippen LogP contribution in [-0.2, 0) is 15.1 Å². The zero-order chi connectivity index (χ0) is 18.7. The molecule has 1 aromatic heterocycles. The molecule has 3 rings (SSSR count). The van der Waals surface area contributed by atoms with Gasteiger partial charge in [0.05, 0.1) is 16.5 Å². The first-order chi connectivity index (χ1) is 12.4. The third kappa shape index (κ3) is 4.67. The molecular weight excluding hydrogens is 418 g/mol. The molecule has 1 unspecified atom stereocenters. The van der Waals surface area contributed by atoms with Crippen LogP contribution in [-0.4, -0.2) is 28.0 Å². The van der Waals surface area contributed by atoms with Gasteiger partial charge in [-0.3, -0.25) is 9.59 Å². The fourth-order valence-corrected chi connectivity index (χ4v) is 3.56. The minimum atomic E-state index is -0.374. The number of anilines is 1. The highest BCUT2D eigenvalue weighted by Crippen LogP contribution is 2.45. The highest BCUT2D eigenvalue weighted by molar-refractivity contribution is 9.10. The number of halogens is 1. The SMILES string of the molecule is Cc1cc(NC(=O)C(C)SCC(=O)NC2(c3ccc(Br)cc3)CC2)no1. The maximum Gasteiger partial charge on any atom is 0.238 e. The predicted molar refractivity (Wildman–Crippen MR) is 105 cm³/mol. The van der Waals surface area contributed by atoms with E-state index in [-0.39, 0.29) is 28.4 Å². The van der Waals surface area contributed by atoms with Gasteiger partial charge < -0.3 is 15.2 Å². The predicted octanol–water partition coefficient (Wildman–Crippen LogP) is 3.61. The first-order valence-corrected chi connectivity index (χ1v) is 10.1. The Balaban J connectivity index is 1.47. The summed E-state index contributed by atoms with van der Waals surface area (Å²) in [5.74, 6) is 0.974. The first-order valence-electron chi connectivity index (χ1n) is 8.31. The van der Waals surface area contributed by atoms with Gasteiger partial charge in [0.15, 0.2) is 5.82 Å².